The van der Waals surface area contributed by atoms with Crippen LogP contribution in [0.25, 0.3) is 0 Å². The molecule has 5 heteroatoms. The average Bonchev–Trinajstić information content (AvgIpc) is 2.97. The highest BCUT2D eigenvalue weighted by atomic mass is 19.4. The lowest BCUT2D eigenvalue weighted by Gasteiger charge is -2.13. The molecule has 2 rings (SSSR count). The Morgan fingerprint density at radius 2 is 2.00 bits per heavy atom. The van der Waals surface area contributed by atoms with Gasteiger partial charge in [0.2, 0.25) is 0 Å². The summed E-state index contributed by atoms with van der Waals surface area (Å²) in [5.74, 6) is 0. The Bertz CT molecular complexity index is 354. The number of rotatable bonds is 2. The van der Waals surface area contributed by atoms with Crippen LogP contribution < -0.4 is 0 Å². The van der Waals surface area contributed by atoms with Gasteiger partial charge in [-0.15, -0.1) is 0 Å². The molecule has 1 heterocycles. The monoisotopic (exact) mass is 217 g/mol. The van der Waals surface area contributed by atoms with Gasteiger partial charge in [-0.25, -0.2) is 0 Å². The molecule has 0 saturated heterocycles. The van der Waals surface area contributed by atoms with Crippen LogP contribution in [0.1, 0.15) is 24.1 Å². The van der Waals surface area contributed by atoms with E-state index in [-0.39, 0.29) is 5.60 Å². The number of halogens is 3. The van der Waals surface area contributed by atoms with Gasteiger partial charge in [0.25, 0.3) is 0 Å². The maximum absolute atomic E-state index is 12.2. The van der Waals surface area contributed by atoms with Gasteiger partial charge in [0.05, 0.1) is 5.60 Å². The molecule has 1 aromatic heterocycles. The fraction of sp³-hybridized carbons (Fsp3) is 0.500. The van der Waals surface area contributed by atoms with Gasteiger partial charge in [-0.05, 0) is 18.9 Å². The lowest BCUT2D eigenvalue weighted by atomic mass is 10.1. The van der Waals surface area contributed by atoms with E-state index in [0.29, 0.717) is 0 Å². The van der Waals surface area contributed by atoms with Crippen LogP contribution in [0.5, 0.6) is 0 Å². The molecule has 1 aromatic rings. The van der Waals surface area contributed by atoms with Gasteiger partial charge in [0.1, 0.15) is 5.69 Å². The van der Waals surface area contributed by atoms with Crippen LogP contribution in [0, 0.1) is 0 Å². The maximum atomic E-state index is 12.2. The molecule has 0 unspecified atom stereocenters. The third-order valence-corrected chi connectivity index (χ3v) is 2.67. The number of hydrogen-bond acceptors (Lipinski definition) is 2. The van der Waals surface area contributed by atoms with Crippen LogP contribution in [0.4, 0.5) is 13.2 Å². The molecule has 0 bridgehead atoms. The van der Waals surface area contributed by atoms with Gasteiger partial charge in [0, 0.05) is 18.9 Å². The molecule has 0 radical (unpaired) electrons. The maximum Gasteiger partial charge on any atom is 0.433 e. The number of nitrogens with zero attached hydrogens (tertiary/aromatic N) is 1. The van der Waals surface area contributed by atoms with E-state index >= 15 is 0 Å². The van der Waals surface area contributed by atoms with Crippen molar-refractivity contribution in [2.45, 2.75) is 24.6 Å². The van der Waals surface area contributed by atoms with Crippen molar-refractivity contribution in [3.8, 4) is 0 Å². The Hall–Kier alpha value is -1.10. The summed E-state index contributed by atoms with van der Waals surface area (Å²) < 4.78 is 41.9. The van der Waals surface area contributed by atoms with Crippen LogP contribution >= 0.6 is 0 Å². The Morgan fingerprint density at radius 1 is 1.33 bits per heavy atom. The summed E-state index contributed by atoms with van der Waals surface area (Å²) in [7, 11) is 1.56. The molecular weight excluding hydrogens is 207 g/mol. The summed E-state index contributed by atoms with van der Waals surface area (Å²) in [6.45, 7) is 0. The van der Waals surface area contributed by atoms with Crippen LogP contribution in [-0.2, 0) is 16.5 Å². The molecule has 1 aliphatic carbocycles. The molecule has 82 valence electrons. The largest absolute Gasteiger partial charge is 0.433 e. The molecule has 0 aliphatic heterocycles. The summed E-state index contributed by atoms with van der Waals surface area (Å²) in [5, 5.41) is 0. The van der Waals surface area contributed by atoms with E-state index < -0.39 is 11.9 Å². The first-order valence-electron chi connectivity index (χ1n) is 4.57. The zero-order valence-corrected chi connectivity index (χ0v) is 8.14. The standard InChI is InChI=1S/C10H10F3NO/c1-15-9(4-5-9)7-2-3-8(14-6-7)10(11,12)13/h2-3,6H,4-5H2,1H3. The average molecular weight is 217 g/mol. The lowest BCUT2D eigenvalue weighted by molar-refractivity contribution is -0.141. The van der Waals surface area contributed by atoms with E-state index in [4.69, 9.17) is 4.74 Å². The minimum Gasteiger partial charge on any atom is -0.373 e. The second kappa shape index (κ2) is 3.20. The van der Waals surface area contributed by atoms with Crippen molar-refractivity contribution in [3.05, 3.63) is 29.6 Å². The van der Waals surface area contributed by atoms with Crippen molar-refractivity contribution >= 4 is 0 Å². The molecule has 0 aromatic carbocycles. The van der Waals surface area contributed by atoms with Gasteiger partial charge in [-0.2, -0.15) is 13.2 Å². The number of methoxy groups -OCH3 is 1. The normalized spacial score (nSPS) is 18.9. The fourth-order valence-electron chi connectivity index (χ4n) is 1.56. The fourth-order valence-corrected chi connectivity index (χ4v) is 1.56. The molecule has 0 spiro atoms. The zero-order chi connectivity index (χ0) is 11.1. The van der Waals surface area contributed by atoms with Crippen molar-refractivity contribution in [1.29, 1.82) is 0 Å². The topological polar surface area (TPSA) is 22.1 Å². The van der Waals surface area contributed by atoms with E-state index in [2.05, 4.69) is 4.98 Å². The van der Waals surface area contributed by atoms with E-state index in [9.17, 15) is 13.2 Å². The quantitative estimate of drug-likeness (QED) is 0.759. The van der Waals surface area contributed by atoms with Crippen molar-refractivity contribution < 1.29 is 17.9 Å². The molecule has 1 aliphatic rings. The smallest absolute Gasteiger partial charge is 0.373 e. The predicted molar refractivity (Wildman–Crippen MR) is 47.2 cm³/mol. The lowest BCUT2D eigenvalue weighted by Crippen LogP contribution is -2.12. The van der Waals surface area contributed by atoms with Crippen molar-refractivity contribution in [2.75, 3.05) is 7.11 Å². The summed E-state index contributed by atoms with van der Waals surface area (Å²) in [5.41, 5.74) is -0.520. The van der Waals surface area contributed by atoms with Crippen LogP contribution in [-0.4, -0.2) is 12.1 Å². The van der Waals surface area contributed by atoms with E-state index in [1.165, 1.54) is 12.3 Å². The minimum absolute atomic E-state index is 0.378. The Kier molecular flexibility index (Phi) is 2.22. The van der Waals surface area contributed by atoms with Crippen molar-refractivity contribution in [2.24, 2.45) is 0 Å². The Labute approximate surface area is 85.1 Å². The minimum atomic E-state index is -4.37. The Balaban J connectivity index is 2.25. The number of aromatic nitrogens is 1. The summed E-state index contributed by atoms with van der Waals surface area (Å²) in [6, 6.07) is 2.43. The molecule has 0 N–H and O–H groups in total. The summed E-state index contributed by atoms with van der Waals surface area (Å²) in [6.07, 6.45) is -1.44. The molecule has 0 amide bonds. The van der Waals surface area contributed by atoms with Gasteiger partial charge < -0.3 is 4.74 Å². The second-order valence-electron chi connectivity index (χ2n) is 3.63. The highest BCUT2D eigenvalue weighted by Gasteiger charge is 2.45. The van der Waals surface area contributed by atoms with Crippen LogP contribution in [0.2, 0.25) is 0 Å². The molecule has 15 heavy (non-hydrogen) atoms. The van der Waals surface area contributed by atoms with Gasteiger partial charge in [-0.1, -0.05) is 6.07 Å². The third kappa shape index (κ3) is 1.84. The van der Waals surface area contributed by atoms with E-state index in [1.54, 1.807) is 7.11 Å². The summed E-state index contributed by atoms with van der Waals surface area (Å²) >= 11 is 0. The number of pyridine rings is 1. The highest BCUT2D eigenvalue weighted by Crippen LogP contribution is 2.48. The van der Waals surface area contributed by atoms with Crippen LogP contribution in [0.15, 0.2) is 18.3 Å². The second-order valence-corrected chi connectivity index (χ2v) is 3.63. The van der Waals surface area contributed by atoms with Gasteiger partial charge >= 0.3 is 6.18 Å². The van der Waals surface area contributed by atoms with Crippen molar-refractivity contribution in [1.82, 2.24) is 4.98 Å². The number of hydrogen-bond donors (Lipinski definition) is 0. The van der Waals surface area contributed by atoms with Gasteiger partial charge in [-0.3, -0.25) is 4.98 Å². The predicted octanol–water partition coefficient (Wildman–Crippen LogP) is 2.74. The molecule has 2 nitrogen and oxygen atoms in total. The van der Waals surface area contributed by atoms with Crippen LogP contribution in [0.3, 0.4) is 0 Å². The SMILES string of the molecule is COC1(c2ccc(C(F)(F)F)nc2)CC1. The molecule has 1 fully saturated rings. The van der Waals surface area contributed by atoms with E-state index in [0.717, 1.165) is 24.5 Å². The molecule has 1 saturated carbocycles. The zero-order valence-electron chi connectivity index (χ0n) is 8.14. The number of ether oxygens (including phenoxy) is 1. The number of alkyl halides is 3. The highest BCUT2D eigenvalue weighted by molar-refractivity contribution is 5.27. The van der Waals surface area contributed by atoms with E-state index in [1.807, 2.05) is 0 Å². The third-order valence-electron chi connectivity index (χ3n) is 2.67. The van der Waals surface area contributed by atoms with Crippen molar-refractivity contribution in [3.63, 3.8) is 0 Å². The Morgan fingerprint density at radius 3 is 2.33 bits per heavy atom. The summed E-state index contributed by atoms with van der Waals surface area (Å²) in [4.78, 5) is 3.40. The van der Waals surface area contributed by atoms with Gasteiger partial charge in [0.15, 0.2) is 0 Å². The first-order valence-corrected chi connectivity index (χ1v) is 4.57. The molecular formula is C10H10F3NO. The molecule has 0 atom stereocenters. The first kappa shape index (κ1) is 10.4. The first-order chi connectivity index (χ1) is 6.98.